The molecule has 2 heterocycles. The molecule has 0 atom stereocenters. The lowest BCUT2D eigenvalue weighted by atomic mass is 10.1. The molecule has 0 saturated heterocycles. The number of rotatable bonds is 6. The van der Waals surface area contributed by atoms with Crippen LogP contribution < -0.4 is 16.4 Å². The van der Waals surface area contributed by atoms with Crippen LogP contribution in [0.2, 0.25) is 0 Å². The molecule has 9 nitrogen and oxygen atoms in total. The highest BCUT2D eigenvalue weighted by molar-refractivity contribution is 6.09. The third kappa shape index (κ3) is 7.10. The number of aromatic nitrogens is 2. The Hall–Kier alpha value is -5.91. The standard InChI is InChI=1S/C30H23N5O2.C2HF3O2/c31-20-10-8-19(9-11-20)16-29(36)35-22-14-12-21(13-15-22)34-28-17-26(32-18-33-28)25-6-3-5-24-23-4-1-2-7-27(23)37-30(24)25;3-2(4,5)1(6)7/h1-15,17-18H,16,31H2,(H,35,36)(H,32,33,34);(H,6,7). The van der Waals surface area contributed by atoms with E-state index in [-0.39, 0.29) is 12.3 Å². The zero-order valence-corrected chi connectivity index (χ0v) is 22.8. The molecule has 6 aromatic rings. The lowest BCUT2D eigenvalue weighted by molar-refractivity contribution is -0.192. The third-order valence-electron chi connectivity index (χ3n) is 6.38. The van der Waals surface area contributed by atoms with E-state index in [4.69, 9.17) is 20.1 Å². The van der Waals surface area contributed by atoms with Crippen LogP contribution in [-0.2, 0) is 16.0 Å². The van der Waals surface area contributed by atoms with Crippen molar-refractivity contribution >= 4 is 56.7 Å². The van der Waals surface area contributed by atoms with Gasteiger partial charge in [0.2, 0.25) is 5.91 Å². The topological polar surface area (TPSA) is 143 Å². The first-order valence-electron chi connectivity index (χ1n) is 13.1. The predicted octanol–water partition coefficient (Wildman–Crippen LogP) is 7.18. The second-order valence-corrected chi connectivity index (χ2v) is 9.54. The molecule has 12 heteroatoms. The Balaban J connectivity index is 0.000000493. The third-order valence-corrected chi connectivity index (χ3v) is 6.38. The van der Waals surface area contributed by atoms with E-state index < -0.39 is 12.1 Å². The maximum atomic E-state index is 12.4. The van der Waals surface area contributed by atoms with Gasteiger partial charge >= 0.3 is 12.1 Å². The van der Waals surface area contributed by atoms with Crippen molar-refractivity contribution in [1.29, 1.82) is 0 Å². The molecule has 0 radical (unpaired) electrons. The van der Waals surface area contributed by atoms with E-state index in [9.17, 15) is 18.0 Å². The number of furan rings is 1. The molecule has 1 amide bonds. The van der Waals surface area contributed by atoms with E-state index in [1.807, 2.05) is 72.8 Å². The van der Waals surface area contributed by atoms with E-state index >= 15 is 0 Å². The Morgan fingerprint density at radius 3 is 2.20 bits per heavy atom. The van der Waals surface area contributed by atoms with Crippen LogP contribution in [0.25, 0.3) is 33.2 Å². The summed E-state index contributed by atoms with van der Waals surface area (Å²) >= 11 is 0. The number of aliphatic carboxylic acids is 1. The van der Waals surface area contributed by atoms with Crippen LogP contribution in [-0.4, -0.2) is 33.1 Å². The summed E-state index contributed by atoms with van der Waals surface area (Å²) in [7, 11) is 0. The number of fused-ring (bicyclic) bond motifs is 3. The van der Waals surface area contributed by atoms with Gasteiger partial charge in [0.15, 0.2) is 0 Å². The summed E-state index contributed by atoms with van der Waals surface area (Å²) in [5.41, 5.74) is 12.1. The van der Waals surface area contributed by atoms with Gasteiger partial charge in [-0.15, -0.1) is 0 Å². The van der Waals surface area contributed by atoms with Gasteiger partial charge in [-0.3, -0.25) is 4.79 Å². The number of nitrogens with one attached hydrogen (secondary N) is 2. The number of carbonyl (C=O) groups is 2. The van der Waals surface area contributed by atoms with E-state index in [0.717, 1.165) is 44.4 Å². The summed E-state index contributed by atoms with van der Waals surface area (Å²) < 4.78 is 37.9. The van der Waals surface area contributed by atoms with E-state index in [2.05, 4.69) is 32.7 Å². The maximum Gasteiger partial charge on any atom is 0.490 e. The van der Waals surface area contributed by atoms with E-state index in [1.54, 1.807) is 12.1 Å². The van der Waals surface area contributed by atoms with Crippen molar-refractivity contribution < 1.29 is 32.3 Å². The molecule has 0 spiro atoms. The van der Waals surface area contributed by atoms with Crippen LogP contribution in [0.3, 0.4) is 0 Å². The summed E-state index contributed by atoms with van der Waals surface area (Å²) in [5, 5.41) is 15.5. The first-order valence-corrected chi connectivity index (χ1v) is 13.1. The van der Waals surface area contributed by atoms with Gasteiger partial charge < -0.3 is 25.9 Å². The SMILES string of the molecule is Nc1ccc(CC(=O)Nc2ccc(Nc3cc(-c4cccc5c4oc4ccccc45)ncn3)cc2)cc1.O=C(O)C(F)(F)F. The Labute approximate surface area is 248 Å². The molecule has 0 aliphatic rings. The molecule has 6 rings (SSSR count). The molecular formula is C32H24F3N5O4. The Bertz CT molecular complexity index is 1940. The highest BCUT2D eigenvalue weighted by Gasteiger charge is 2.38. The van der Waals surface area contributed by atoms with Gasteiger partial charge in [-0.05, 0) is 54.1 Å². The second-order valence-electron chi connectivity index (χ2n) is 9.54. The van der Waals surface area contributed by atoms with Gasteiger partial charge in [-0.1, -0.05) is 42.5 Å². The van der Waals surface area contributed by atoms with Gasteiger partial charge in [0, 0.05) is 39.5 Å². The number of carboxylic acids is 1. The highest BCUT2D eigenvalue weighted by atomic mass is 19.4. The van der Waals surface area contributed by atoms with E-state index in [1.165, 1.54) is 6.33 Å². The van der Waals surface area contributed by atoms with Crippen molar-refractivity contribution in [1.82, 2.24) is 9.97 Å². The molecule has 5 N–H and O–H groups in total. The van der Waals surface area contributed by atoms with Crippen molar-refractivity contribution in [2.45, 2.75) is 12.6 Å². The summed E-state index contributed by atoms with van der Waals surface area (Å²) in [6.07, 6.45) is -3.27. The normalized spacial score (nSPS) is 11.1. The fourth-order valence-electron chi connectivity index (χ4n) is 4.33. The summed E-state index contributed by atoms with van der Waals surface area (Å²) in [6, 6.07) is 30.7. The fraction of sp³-hybridized carbons (Fsp3) is 0.0625. The van der Waals surface area contributed by atoms with Crippen molar-refractivity contribution in [2.24, 2.45) is 0 Å². The second kappa shape index (κ2) is 12.5. The van der Waals surface area contributed by atoms with Crippen LogP contribution in [0.15, 0.2) is 108 Å². The number of carboxylic acid groups (broad SMARTS) is 1. The lowest BCUT2D eigenvalue weighted by Gasteiger charge is -2.09. The number of nitrogens with two attached hydrogens (primary N) is 1. The number of benzene rings is 4. The maximum absolute atomic E-state index is 12.4. The number of para-hydroxylation sites is 2. The van der Waals surface area contributed by atoms with Crippen LogP contribution >= 0.6 is 0 Å². The highest BCUT2D eigenvalue weighted by Crippen LogP contribution is 2.35. The molecular weight excluding hydrogens is 575 g/mol. The average molecular weight is 600 g/mol. The van der Waals surface area contributed by atoms with Gasteiger partial charge in [0.25, 0.3) is 0 Å². The quantitative estimate of drug-likeness (QED) is 0.147. The number of nitrogens with zero attached hydrogens (tertiary/aromatic N) is 2. The zero-order chi connectivity index (χ0) is 31.3. The van der Waals surface area contributed by atoms with Gasteiger partial charge in [-0.2, -0.15) is 13.2 Å². The number of hydrogen-bond acceptors (Lipinski definition) is 7. The molecule has 0 bridgehead atoms. The lowest BCUT2D eigenvalue weighted by Crippen LogP contribution is -2.21. The predicted molar refractivity (Wildman–Crippen MR) is 161 cm³/mol. The molecule has 0 unspecified atom stereocenters. The smallest absolute Gasteiger partial charge is 0.475 e. The molecule has 4 aromatic carbocycles. The van der Waals surface area contributed by atoms with Crippen molar-refractivity contribution in [3.05, 3.63) is 109 Å². The average Bonchev–Trinajstić information content (AvgIpc) is 3.38. The molecule has 0 fully saturated rings. The molecule has 222 valence electrons. The van der Waals surface area contributed by atoms with Gasteiger partial charge in [0.1, 0.15) is 23.3 Å². The largest absolute Gasteiger partial charge is 0.490 e. The fourth-order valence-corrected chi connectivity index (χ4v) is 4.33. The molecule has 0 saturated carbocycles. The van der Waals surface area contributed by atoms with Crippen LogP contribution in [0.4, 0.5) is 36.1 Å². The number of halogens is 3. The van der Waals surface area contributed by atoms with Crippen molar-refractivity contribution in [2.75, 3.05) is 16.4 Å². The molecule has 0 aliphatic carbocycles. The first kappa shape index (κ1) is 29.6. The minimum absolute atomic E-state index is 0.0920. The molecule has 44 heavy (non-hydrogen) atoms. The number of anilines is 4. The van der Waals surface area contributed by atoms with Crippen molar-refractivity contribution in [3.63, 3.8) is 0 Å². The van der Waals surface area contributed by atoms with Gasteiger partial charge in [0.05, 0.1) is 12.1 Å². The first-order chi connectivity index (χ1) is 21.1. The molecule has 0 aliphatic heterocycles. The number of nitrogen functional groups attached to an aromatic ring is 1. The summed E-state index contributed by atoms with van der Waals surface area (Å²) in [5.74, 6) is -2.20. The number of carbonyl (C=O) groups excluding carboxylic acids is 1. The monoisotopic (exact) mass is 599 g/mol. The summed E-state index contributed by atoms with van der Waals surface area (Å²) in [4.78, 5) is 30.1. The molecule has 2 aromatic heterocycles. The van der Waals surface area contributed by atoms with E-state index in [0.29, 0.717) is 17.2 Å². The van der Waals surface area contributed by atoms with Crippen molar-refractivity contribution in [3.8, 4) is 11.3 Å². The number of hydrogen-bond donors (Lipinski definition) is 4. The minimum atomic E-state index is -5.08. The summed E-state index contributed by atoms with van der Waals surface area (Å²) in [6.45, 7) is 0. The number of alkyl halides is 3. The minimum Gasteiger partial charge on any atom is -0.475 e. The van der Waals surface area contributed by atoms with Crippen LogP contribution in [0.1, 0.15) is 5.56 Å². The Kier molecular flexibility index (Phi) is 8.42. The van der Waals surface area contributed by atoms with Crippen LogP contribution in [0.5, 0.6) is 0 Å². The van der Waals surface area contributed by atoms with Crippen LogP contribution in [0, 0.1) is 0 Å². The number of amides is 1. The van der Waals surface area contributed by atoms with Gasteiger partial charge in [-0.25, -0.2) is 14.8 Å². The Morgan fingerprint density at radius 2 is 1.50 bits per heavy atom. The Morgan fingerprint density at radius 1 is 0.841 bits per heavy atom. The zero-order valence-electron chi connectivity index (χ0n) is 22.8.